The Morgan fingerprint density at radius 3 is 2.41 bits per heavy atom. The van der Waals surface area contributed by atoms with Crippen molar-refractivity contribution in [3.05, 3.63) is 105 Å². The summed E-state index contributed by atoms with van der Waals surface area (Å²) in [6.07, 6.45) is 0.383. The summed E-state index contributed by atoms with van der Waals surface area (Å²) in [7, 11) is 0. The quantitative estimate of drug-likeness (QED) is 0.245. The van der Waals surface area contributed by atoms with Crippen LogP contribution < -0.4 is 5.32 Å². The van der Waals surface area contributed by atoms with E-state index < -0.39 is 11.9 Å². The van der Waals surface area contributed by atoms with Crippen molar-refractivity contribution in [3.8, 4) is 0 Å². The summed E-state index contributed by atoms with van der Waals surface area (Å²) >= 11 is 10.9. The van der Waals surface area contributed by atoms with Crippen LogP contribution in [0.4, 0.5) is 4.39 Å². The van der Waals surface area contributed by atoms with Gasteiger partial charge in [-0.25, -0.2) is 4.39 Å². The van der Waals surface area contributed by atoms with Crippen LogP contribution in [0.15, 0.2) is 77.3 Å². The molecule has 196 valence electrons. The normalized spacial score (nSPS) is 11.8. The lowest BCUT2D eigenvalue weighted by Gasteiger charge is -2.32. The van der Waals surface area contributed by atoms with Crippen LogP contribution in [0.1, 0.15) is 30.5 Å². The number of nitrogens with zero attached hydrogens (tertiary/aromatic N) is 1. The Labute approximate surface area is 236 Å². The molecule has 3 aromatic carbocycles. The molecular weight excluding hydrogens is 575 g/mol. The highest BCUT2D eigenvalue weighted by Gasteiger charge is 2.30. The number of carbonyl (C=O) groups excluding carboxylic acids is 2. The first-order valence-corrected chi connectivity index (χ1v) is 14.4. The summed E-state index contributed by atoms with van der Waals surface area (Å²) in [5.41, 5.74) is 2.24. The maximum absolute atomic E-state index is 14.2. The highest BCUT2D eigenvalue weighted by atomic mass is 79.9. The third kappa shape index (κ3) is 9.16. The molecular formula is C29H31BrClFN2O2S. The van der Waals surface area contributed by atoms with Gasteiger partial charge in [0.2, 0.25) is 11.8 Å². The molecule has 1 atom stereocenters. The Morgan fingerprint density at radius 2 is 1.73 bits per heavy atom. The Hall–Kier alpha value is -2.35. The molecule has 0 aliphatic rings. The average molecular weight is 606 g/mol. The maximum atomic E-state index is 14.2. The van der Waals surface area contributed by atoms with Crippen LogP contribution in [0, 0.1) is 11.7 Å². The van der Waals surface area contributed by atoms with Gasteiger partial charge >= 0.3 is 0 Å². The smallest absolute Gasteiger partial charge is 0.243 e. The predicted octanol–water partition coefficient (Wildman–Crippen LogP) is 6.89. The molecule has 0 unspecified atom stereocenters. The van der Waals surface area contributed by atoms with Gasteiger partial charge in [-0.2, -0.15) is 0 Å². The SMILES string of the molecule is CC(C)CNC(=O)[C@H](Cc1ccccc1)N(Cc1cccc(Br)c1)C(=O)CSCc1c(F)cccc1Cl. The van der Waals surface area contributed by atoms with Gasteiger partial charge in [0, 0.05) is 40.3 Å². The van der Waals surface area contributed by atoms with Crippen LogP contribution in [-0.4, -0.2) is 35.1 Å². The van der Waals surface area contributed by atoms with E-state index in [1.807, 2.05) is 68.4 Å². The number of halogens is 3. The van der Waals surface area contributed by atoms with Gasteiger partial charge in [0.05, 0.1) is 5.75 Å². The van der Waals surface area contributed by atoms with Crippen molar-refractivity contribution in [1.29, 1.82) is 0 Å². The molecule has 0 heterocycles. The fraction of sp³-hybridized carbons (Fsp3) is 0.310. The van der Waals surface area contributed by atoms with E-state index in [-0.39, 0.29) is 35.8 Å². The maximum Gasteiger partial charge on any atom is 0.243 e. The van der Waals surface area contributed by atoms with E-state index in [0.29, 0.717) is 23.6 Å². The molecule has 3 aromatic rings. The van der Waals surface area contributed by atoms with E-state index in [4.69, 9.17) is 11.6 Å². The van der Waals surface area contributed by atoms with Crippen molar-refractivity contribution >= 4 is 51.1 Å². The highest BCUT2D eigenvalue weighted by molar-refractivity contribution is 9.10. The zero-order chi connectivity index (χ0) is 26.8. The summed E-state index contributed by atoms with van der Waals surface area (Å²) in [5.74, 6) is -0.169. The fourth-order valence-electron chi connectivity index (χ4n) is 3.80. The van der Waals surface area contributed by atoms with Gasteiger partial charge in [-0.1, -0.05) is 89.9 Å². The lowest BCUT2D eigenvalue weighted by molar-refractivity contribution is -0.139. The molecule has 8 heteroatoms. The summed E-state index contributed by atoms with van der Waals surface area (Å²) in [6, 6.07) is 21.2. The first-order valence-electron chi connectivity index (χ1n) is 12.1. The molecule has 0 bridgehead atoms. The van der Waals surface area contributed by atoms with Gasteiger partial charge in [-0.05, 0) is 41.3 Å². The highest BCUT2D eigenvalue weighted by Crippen LogP contribution is 2.25. The third-order valence-electron chi connectivity index (χ3n) is 5.73. The first-order chi connectivity index (χ1) is 17.7. The van der Waals surface area contributed by atoms with Crippen molar-refractivity contribution in [2.24, 2.45) is 5.92 Å². The van der Waals surface area contributed by atoms with E-state index in [1.165, 1.54) is 17.8 Å². The van der Waals surface area contributed by atoms with E-state index in [1.54, 1.807) is 17.0 Å². The van der Waals surface area contributed by atoms with Crippen LogP contribution in [0.25, 0.3) is 0 Å². The minimum atomic E-state index is -0.703. The number of amides is 2. The Balaban J connectivity index is 1.86. The number of hydrogen-bond donors (Lipinski definition) is 1. The van der Waals surface area contributed by atoms with Crippen LogP contribution >= 0.6 is 39.3 Å². The van der Waals surface area contributed by atoms with Gasteiger partial charge in [0.15, 0.2) is 0 Å². The molecule has 0 radical (unpaired) electrons. The topological polar surface area (TPSA) is 49.4 Å². The standard InChI is InChI=1S/C29H31BrClFN2O2S/c1-20(2)16-33-29(36)27(15-21-8-4-3-5-9-21)34(17-22-10-6-11-23(30)14-22)28(35)19-37-18-24-25(31)12-7-13-26(24)32/h3-14,20,27H,15-19H2,1-2H3,(H,33,36)/t27-/m0/s1. The minimum Gasteiger partial charge on any atom is -0.354 e. The van der Waals surface area contributed by atoms with E-state index in [2.05, 4.69) is 21.2 Å². The molecule has 0 aliphatic heterocycles. The Kier molecular flexibility index (Phi) is 11.5. The lowest BCUT2D eigenvalue weighted by atomic mass is 10.0. The minimum absolute atomic E-state index is 0.0847. The summed E-state index contributed by atoms with van der Waals surface area (Å²) in [6.45, 7) is 4.85. The first kappa shape index (κ1) is 29.2. The molecule has 37 heavy (non-hydrogen) atoms. The second-order valence-corrected chi connectivity index (χ2v) is 11.5. The van der Waals surface area contributed by atoms with Crippen LogP contribution in [0.5, 0.6) is 0 Å². The number of nitrogens with one attached hydrogen (secondary N) is 1. The van der Waals surface area contributed by atoms with E-state index in [0.717, 1.165) is 15.6 Å². The fourth-order valence-corrected chi connectivity index (χ4v) is 5.50. The van der Waals surface area contributed by atoms with Crippen LogP contribution in [-0.2, 0) is 28.3 Å². The van der Waals surface area contributed by atoms with Crippen molar-refractivity contribution in [2.75, 3.05) is 12.3 Å². The second-order valence-electron chi connectivity index (χ2n) is 9.19. The molecule has 0 spiro atoms. The average Bonchev–Trinajstić information content (AvgIpc) is 2.87. The Bertz CT molecular complexity index is 1180. The van der Waals surface area contributed by atoms with Crippen molar-refractivity contribution < 1.29 is 14.0 Å². The van der Waals surface area contributed by atoms with E-state index >= 15 is 0 Å². The summed E-state index contributed by atoms with van der Waals surface area (Å²) in [5, 5.41) is 3.35. The molecule has 4 nitrogen and oxygen atoms in total. The van der Waals surface area contributed by atoms with Crippen LogP contribution in [0.3, 0.4) is 0 Å². The molecule has 0 aromatic heterocycles. The third-order valence-corrected chi connectivity index (χ3v) is 7.52. The van der Waals surface area contributed by atoms with Gasteiger partial charge in [0.1, 0.15) is 11.9 Å². The molecule has 0 saturated carbocycles. The number of hydrogen-bond acceptors (Lipinski definition) is 3. The zero-order valence-electron chi connectivity index (χ0n) is 20.9. The largest absolute Gasteiger partial charge is 0.354 e. The molecule has 1 N–H and O–H groups in total. The monoisotopic (exact) mass is 604 g/mol. The summed E-state index contributed by atoms with van der Waals surface area (Å²) < 4.78 is 15.1. The summed E-state index contributed by atoms with van der Waals surface area (Å²) in [4.78, 5) is 28.7. The van der Waals surface area contributed by atoms with Gasteiger partial charge in [0.25, 0.3) is 0 Å². The molecule has 0 fully saturated rings. The van der Waals surface area contributed by atoms with Crippen molar-refractivity contribution in [3.63, 3.8) is 0 Å². The number of benzene rings is 3. The van der Waals surface area contributed by atoms with Gasteiger partial charge in [-0.3, -0.25) is 9.59 Å². The molecule has 2 amide bonds. The number of thioether (sulfide) groups is 1. The molecule has 0 aliphatic carbocycles. The Morgan fingerprint density at radius 1 is 1.03 bits per heavy atom. The second kappa shape index (κ2) is 14.6. The van der Waals surface area contributed by atoms with Gasteiger partial charge < -0.3 is 10.2 Å². The van der Waals surface area contributed by atoms with E-state index in [9.17, 15) is 14.0 Å². The van der Waals surface area contributed by atoms with Crippen molar-refractivity contribution in [2.45, 2.75) is 38.6 Å². The zero-order valence-corrected chi connectivity index (χ0v) is 24.1. The number of carbonyl (C=O) groups is 2. The molecule has 0 saturated heterocycles. The van der Waals surface area contributed by atoms with Crippen molar-refractivity contribution in [1.82, 2.24) is 10.2 Å². The number of rotatable bonds is 12. The lowest BCUT2D eigenvalue weighted by Crippen LogP contribution is -2.51. The molecule has 3 rings (SSSR count). The van der Waals surface area contributed by atoms with Crippen LogP contribution in [0.2, 0.25) is 5.02 Å². The predicted molar refractivity (Wildman–Crippen MR) is 154 cm³/mol. The van der Waals surface area contributed by atoms with Gasteiger partial charge in [-0.15, -0.1) is 11.8 Å².